The van der Waals surface area contributed by atoms with Crippen LogP contribution >= 0.6 is 11.6 Å². The third kappa shape index (κ3) is 6.66. The SMILES string of the molecule is CCCS(=O)(=O)Nc1ccc(F)c(C=C2CN(CC(C)OC(=O)O)c3ncc(-c4ccc(Cl)cc4)cc32)c1F. The number of rotatable bonds is 9. The molecule has 4 rings (SSSR count). The predicted molar refractivity (Wildman–Crippen MR) is 147 cm³/mol. The van der Waals surface area contributed by atoms with Crippen molar-refractivity contribution >= 4 is 50.9 Å². The van der Waals surface area contributed by atoms with Gasteiger partial charge in [-0.1, -0.05) is 30.7 Å². The van der Waals surface area contributed by atoms with Gasteiger partial charge in [0.25, 0.3) is 0 Å². The van der Waals surface area contributed by atoms with Gasteiger partial charge in [0.1, 0.15) is 17.7 Å². The summed E-state index contributed by atoms with van der Waals surface area (Å²) in [6, 6.07) is 11.0. The average Bonchev–Trinajstić information content (AvgIpc) is 3.19. The number of halogens is 3. The first-order chi connectivity index (χ1) is 18.5. The van der Waals surface area contributed by atoms with E-state index in [1.807, 2.05) is 18.2 Å². The first kappa shape index (κ1) is 28.3. The maximum absolute atomic E-state index is 15.4. The lowest BCUT2D eigenvalue weighted by molar-refractivity contribution is 0.0617. The molecule has 0 radical (unpaired) electrons. The molecule has 0 saturated heterocycles. The summed E-state index contributed by atoms with van der Waals surface area (Å²) in [5.74, 6) is -1.65. The Kier molecular flexibility index (Phi) is 8.41. The molecule has 0 bridgehead atoms. The number of nitrogens with zero attached hydrogens (tertiary/aromatic N) is 2. The Morgan fingerprint density at radius 1 is 1.23 bits per heavy atom. The lowest BCUT2D eigenvalue weighted by atomic mass is 10.0. The standard InChI is InChI=1S/C27H26ClF2N3O5S/c1-3-10-39(36,37)32-24-9-8-23(29)22(25(24)30)12-19-15-33(14-16(2)38-27(34)35)26-21(19)11-18(13-31-26)17-4-6-20(28)7-5-17/h4-9,11-13,16,32H,3,10,14-15H2,1-2H3,(H,34,35). The van der Waals surface area contributed by atoms with Crippen molar-refractivity contribution in [2.45, 2.75) is 26.4 Å². The fourth-order valence-corrected chi connectivity index (χ4v) is 5.61. The molecule has 3 aromatic rings. The number of hydrogen-bond acceptors (Lipinski definition) is 6. The Morgan fingerprint density at radius 3 is 2.62 bits per heavy atom. The third-order valence-electron chi connectivity index (χ3n) is 6.01. The summed E-state index contributed by atoms with van der Waals surface area (Å²) in [4.78, 5) is 17.3. The van der Waals surface area contributed by atoms with E-state index in [2.05, 4.69) is 9.71 Å². The Hall–Kier alpha value is -3.70. The lowest BCUT2D eigenvalue weighted by Gasteiger charge is -2.21. The van der Waals surface area contributed by atoms with Gasteiger partial charge in [0.05, 0.1) is 18.0 Å². The van der Waals surface area contributed by atoms with Gasteiger partial charge in [-0.25, -0.2) is 27.0 Å². The Morgan fingerprint density at radius 2 is 1.95 bits per heavy atom. The van der Waals surface area contributed by atoms with E-state index in [0.29, 0.717) is 28.4 Å². The molecule has 206 valence electrons. The van der Waals surface area contributed by atoms with Crippen LogP contribution in [0.2, 0.25) is 5.02 Å². The molecule has 39 heavy (non-hydrogen) atoms. The number of aromatic nitrogens is 1. The summed E-state index contributed by atoms with van der Waals surface area (Å²) in [6.45, 7) is 3.56. The van der Waals surface area contributed by atoms with Gasteiger partial charge in [0, 0.05) is 34.5 Å². The molecule has 0 spiro atoms. The van der Waals surface area contributed by atoms with Crippen molar-refractivity contribution in [3.05, 3.63) is 76.4 Å². The summed E-state index contributed by atoms with van der Waals surface area (Å²) in [6.07, 6.45) is 1.16. The van der Waals surface area contributed by atoms with E-state index in [1.54, 1.807) is 37.1 Å². The molecular formula is C27H26ClF2N3O5S. The van der Waals surface area contributed by atoms with Crippen molar-refractivity contribution in [2.24, 2.45) is 0 Å². The number of ether oxygens (including phenoxy) is 1. The highest BCUT2D eigenvalue weighted by molar-refractivity contribution is 7.92. The highest BCUT2D eigenvalue weighted by Crippen LogP contribution is 2.39. The number of anilines is 2. The maximum Gasteiger partial charge on any atom is 0.506 e. The topological polar surface area (TPSA) is 109 Å². The molecule has 0 fully saturated rings. The molecule has 2 heterocycles. The summed E-state index contributed by atoms with van der Waals surface area (Å²) in [5.41, 5.74) is 1.86. The first-order valence-corrected chi connectivity index (χ1v) is 14.1. The Bertz CT molecular complexity index is 1530. The molecule has 8 nitrogen and oxygen atoms in total. The molecule has 12 heteroatoms. The Labute approximate surface area is 229 Å². The van der Waals surface area contributed by atoms with E-state index >= 15 is 4.39 Å². The lowest BCUT2D eigenvalue weighted by Crippen LogP contribution is -2.32. The molecule has 1 atom stereocenters. The number of carboxylic acid groups (broad SMARTS) is 1. The first-order valence-electron chi connectivity index (χ1n) is 12.1. The molecule has 0 aliphatic carbocycles. The highest BCUT2D eigenvalue weighted by atomic mass is 35.5. The van der Waals surface area contributed by atoms with Gasteiger partial charge < -0.3 is 14.7 Å². The van der Waals surface area contributed by atoms with Gasteiger partial charge in [-0.05, 0) is 60.9 Å². The second kappa shape index (κ2) is 11.6. The fourth-order valence-electron chi connectivity index (χ4n) is 4.35. The van der Waals surface area contributed by atoms with Crippen molar-refractivity contribution in [2.75, 3.05) is 28.5 Å². The molecule has 2 aromatic carbocycles. The summed E-state index contributed by atoms with van der Waals surface area (Å²) >= 11 is 6.01. The average molecular weight is 578 g/mol. The van der Waals surface area contributed by atoms with E-state index in [9.17, 15) is 17.6 Å². The number of carbonyl (C=O) groups is 1. The van der Waals surface area contributed by atoms with E-state index in [0.717, 1.165) is 23.3 Å². The Balaban J connectivity index is 1.78. The van der Waals surface area contributed by atoms with Gasteiger partial charge in [0.15, 0.2) is 5.82 Å². The zero-order valence-corrected chi connectivity index (χ0v) is 22.7. The minimum absolute atomic E-state index is 0.145. The van der Waals surface area contributed by atoms with Crippen LogP contribution in [0, 0.1) is 11.6 Å². The van der Waals surface area contributed by atoms with Crippen LogP contribution in [0.5, 0.6) is 0 Å². The summed E-state index contributed by atoms with van der Waals surface area (Å²) in [7, 11) is -3.81. The van der Waals surface area contributed by atoms with E-state index < -0.39 is 39.5 Å². The molecule has 2 N–H and O–H groups in total. The van der Waals surface area contributed by atoms with Gasteiger partial charge in [-0.15, -0.1) is 0 Å². The molecule has 1 aliphatic rings. The summed E-state index contributed by atoms with van der Waals surface area (Å²) < 4.78 is 61.7. The maximum atomic E-state index is 15.4. The van der Waals surface area contributed by atoms with E-state index in [1.165, 1.54) is 6.08 Å². The van der Waals surface area contributed by atoms with Gasteiger partial charge >= 0.3 is 6.16 Å². The fraction of sp³-hybridized carbons (Fsp3) is 0.259. The van der Waals surface area contributed by atoms with E-state index in [4.69, 9.17) is 21.4 Å². The van der Waals surface area contributed by atoms with Crippen molar-refractivity contribution in [1.29, 1.82) is 0 Å². The zero-order chi connectivity index (χ0) is 28.3. The van der Waals surface area contributed by atoms with Crippen LogP contribution in [0.3, 0.4) is 0 Å². The second-order valence-corrected chi connectivity index (χ2v) is 11.4. The van der Waals surface area contributed by atoms with Crippen LogP contribution < -0.4 is 9.62 Å². The van der Waals surface area contributed by atoms with Crippen molar-refractivity contribution in [1.82, 2.24) is 4.98 Å². The third-order valence-corrected chi connectivity index (χ3v) is 7.74. The normalized spacial score (nSPS) is 14.8. The van der Waals surface area contributed by atoms with Crippen molar-refractivity contribution in [3.8, 4) is 11.1 Å². The largest absolute Gasteiger partial charge is 0.506 e. The highest BCUT2D eigenvalue weighted by Gasteiger charge is 2.29. The van der Waals surface area contributed by atoms with Gasteiger partial charge in [-0.2, -0.15) is 0 Å². The van der Waals surface area contributed by atoms with Crippen LogP contribution in [0.15, 0.2) is 48.7 Å². The monoisotopic (exact) mass is 577 g/mol. The smallest absolute Gasteiger partial charge is 0.450 e. The minimum Gasteiger partial charge on any atom is -0.450 e. The molecule has 1 aliphatic heterocycles. The van der Waals surface area contributed by atoms with Gasteiger partial charge in [0.2, 0.25) is 10.0 Å². The van der Waals surface area contributed by atoms with Gasteiger partial charge in [-0.3, -0.25) is 4.72 Å². The molecular weight excluding hydrogens is 552 g/mol. The predicted octanol–water partition coefficient (Wildman–Crippen LogP) is 6.28. The molecule has 0 saturated carbocycles. The number of hydrogen-bond donors (Lipinski definition) is 2. The van der Waals surface area contributed by atoms with E-state index in [-0.39, 0.29) is 24.5 Å². The number of pyridine rings is 1. The van der Waals surface area contributed by atoms with Crippen LogP contribution in [-0.2, 0) is 14.8 Å². The van der Waals surface area contributed by atoms with Crippen LogP contribution in [-0.4, -0.2) is 49.6 Å². The quantitative estimate of drug-likeness (QED) is 0.288. The number of benzene rings is 2. The number of nitrogens with one attached hydrogen (secondary N) is 1. The number of sulfonamides is 1. The van der Waals surface area contributed by atoms with Crippen molar-refractivity contribution in [3.63, 3.8) is 0 Å². The minimum atomic E-state index is -3.81. The summed E-state index contributed by atoms with van der Waals surface area (Å²) in [5, 5.41) is 9.54. The molecule has 1 aromatic heterocycles. The second-order valence-electron chi connectivity index (χ2n) is 9.09. The van der Waals surface area contributed by atoms with Crippen LogP contribution in [0.1, 0.15) is 31.4 Å². The molecule has 0 amide bonds. The van der Waals surface area contributed by atoms with Crippen molar-refractivity contribution < 1.29 is 31.8 Å². The zero-order valence-electron chi connectivity index (χ0n) is 21.1. The molecule has 1 unspecified atom stereocenters. The van der Waals surface area contributed by atoms with Crippen LogP contribution in [0.4, 0.5) is 25.1 Å². The van der Waals surface area contributed by atoms with Crippen LogP contribution in [0.25, 0.3) is 22.8 Å². The number of fused-ring (bicyclic) bond motifs is 1.